The Balaban J connectivity index is 1.96. The number of ether oxygens (including phenoxy) is 3. The van der Waals surface area contributed by atoms with Crippen molar-refractivity contribution >= 4 is 5.91 Å². The first-order chi connectivity index (χ1) is 12.9. The lowest BCUT2D eigenvalue weighted by molar-refractivity contribution is -0.123. The van der Waals surface area contributed by atoms with Gasteiger partial charge in [0.15, 0.2) is 18.1 Å². The molecule has 0 aliphatic carbocycles. The van der Waals surface area contributed by atoms with Gasteiger partial charge in [-0.3, -0.25) is 4.79 Å². The van der Waals surface area contributed by atoms with Crippen molar-refractivity contribution in [2.45, 2.75) is 40.7 Å². The quantitative estimate of drug-likeness (QED) is 0.712. The Morgan fingerprint density at radius 3 is 2.30 bits per heavy atom. The van der Waals surface area contributed by atoms with E-state index in [1.54, 1.807) is 0 Å². The Hall–Kier alpha value is -2.69. The Bertz CT molecular complexity index is 773. The lowest BCUT2D eigenvalue weighted by atomic mass is 10.1. The van der Waals surface area contributed by atoms with Gasteiger partial charge in [-0.05, 0) is 75.6 Å². The molecule has 146 valence electrons. The lowest BCUT2D eigenvalue weighted by Crippen LogP contribution is -2.31. The van der Waals surface area contributed by atoms with Gasteiger partial charge in [0.25, 0.3) is 5.91 Å². The Morgan fingerprint density at radius 1 is 0.926 bits per heavy atom. The van der Waals surface area contributed by atoms with Crippen molar-refractivity contribution in [2.24, 2.45) is 0 Å². The average molecular weight is 371 g/mol. The van der Waals surface area contributed by atoms with E-state index in [-0.39, 0.29) is 18.6 Å². The SMILES string of the molecule is CCOc1ccc(C(C)NC(=O)COc2ccc(C)c(C)c2)cc1OCC. The maximum atomic E-state index is 12.2. The maximum absolute atomic E-state index is 12.2. The fraction of sp³-hybridized carbons (Fsp3) is 0.409. The van der Waals surface area contributed by atoms with Crippen molar-refractivity contribution in [3.05, 3.63) is 53.1 Å². The molecule has 2 rings (SSSR count). The molecule has 27 heavy (non-hydrogen) atoms. The monoisotopic (exact) mass is 371 g/mol. The predicted octanol–water partition coefficient (Wildman–Crippen LogP) is 4.36. The van der Waals surface area contributed by atoms with Gasteiger partial charge >= 0.3 is 0 Å². The van der Waals surface area contributed by atoms with Gasteiger partial charge in [-0.15, -0.1) is 0 Å². The fourth-order valence-electron chi connectivity index (χ4n) is 2.66. The van der Waals surface area contributed by atoms with E-state index < -0.39 is 0 Å². The standard InChI is InChI=1S/C22H29NO4/c1-6-25-20-11-9-18(13-21(20)26-7-2)17(5)23-22(24)14-27-19-10-8-15(3)16(4)12-19/h8-13,17H,6-7,14H2,1-5H3,(H,23,24). The summed E-state index contributed by atoms with van der Waals surface area (Å²) in [5.41, 5.74) is 3.28. The third-order valence-corrected chi connectivity index (χ3v) is 4.29. The van der Waals surface area contributed by atoms with E-state index in [1.807, 2.05) is 71.0 Å². The summed E-state index contributed by atoms with van der Waals surface area (Å²) in [6.07, 6.45) is 0. The Kier molecular flexibility index (Phi) is 7.53. The summed E-state index contributed by atoms with van der Waals surface area (Å²) in [6.45, 7) is 10.9. The van der Waals surface area contributed by atoms with Crippen molar-refractivity contribution in [3.63, 3.8) is 0 Å². The molecule has 1 amide bonds. The molecule has 0 saturated carbocycles. The van der Waals surface area contributed by atoms with E-state index in [4.69, 9.17) is 14.2 Å². The van der Waals surface area contributed by atoms with Crippen molar-refractivity contribution in [1.82, 2.24) is 5.32 Å². The smallest absolute Gasteiger partial charge is 0.258 e. The summed E-state index contributed by atoms with van der Waals surface area (Å²) >= 11 is 0. The van der Waals surface area contributed by atoms with Crippen molar-refractivity contribution in [2.75, 3.05) is 19.8 Å². The van der Waals surface area contributed by atoms with Crippen LogP contribution in [0.5, 0.6) is 17.2 Å². The highest BCUT2D eigenvalue weighted by molar-refractivity contribution is 5.78. The van der Waals surface area contributed by atoms with E-state index in [0.717, 1.165) is 11.1 Å². The zero-order chi connectivity index (χ0) is 19.8. The molecule has 0 heterocycles. The van der Waals surface area contributed by atoms with Crippen LogP contribution in [0.15, 0.2) is 36.4 Å². The first kappa shape index (κ1) is 20.6. The predicted molar refractivity (Wildman–Crippen MR) is 107 cm³/mol. The van der Waals surface area contributed by atoms with Crippen LogP contribution in [-0.4, -0.2) is 25.7 Å². The van der Waals surface area contributed by atoms with Crippen LogP contribution < -0.4 is 19.5 Å². The number of carbonyl (C=O) groups is 1. The van der Waals surface area contributed by atoms with Crippen LogP contribution >= 0.6 is 0 Å². The largest absolute Gasteiger partial charge is 0.490 e. The molecule has 1 N–H and O–H groups in total. The number of hydrogen-bond donors (Lipinski definition) is 1. The van der Waals surface area contributed by atoms with Crippen molar-refractivity contribution in [3.8, 4) is 17.2 Å². The molecule has 0 spiro atoms. The molecule has 1 atom stereocenters. The van der Waals surface area contributed by atoms with Gasteiger partial charge in [0, 0.05) is 0 Å². The minimum atomic E-state index is -0.174. The molecule has 0 bridgehead atoms. The third kappa shape index (κ3) is 5.91. The van der Waals surface area contributed by atoms with Gasteiger partial charge in [-0.25, -0.2) is 0 Å². The van der Waals surface area contributed by atoms with E-state index in [0.29, 0.717) is 30.5 Å². The van der Waals surface area contributed by atoms with Crippen LogP contribution in [0.2, 0.25) is 0 Å². The second-order valence-corrected chi connectivity index (χ2v) is 6.40. The summed E-state index contributed by atoms with van der Waals surface area (Å²) < 4.78 is 16.8. The summed E-state index contributed by atoms with van der Waals surface area (Å²) in [4.78, 5) is 12.2. The maximum Gasteiger partial charge on any atom is 0.258 e. The molecule has 0 aliphatic heterocycles. The van der Waals surface area contributed by atoms with E-state index in [1.165, 1.54) is 5.56 Å². The molecular weight excluding hydrogens is 342 g/mol. The number of rotatable bonds is 9. The van der Waals surface area contributed by atoms with E-state index in [9.17, 15) is 4.79 Å². The van der Waals surface area contributed by atoms with Crippen molar-refractivity contribution < 1.29 is 19.0 Å². The number of benzene rings is 2. The molecule has 0 radical (unpaired) electrons. The molecule has 2 aromatic carbocycles. The van der Waals surface area contributed by atoms with Crippen molar-refractivity contribution in [1.29, 1.82) is 0 Å². The molecular formula is C22H29NO4. The molecule has 0 saturated heterocycles. The van der Waals surface area contributed by atoms with Crippen LogP contribution in [0.25, 0.3) is 0 Å². The molecule has 0 aromatic heterocycles. The van der Waals surface area contributed by atoms with Gasteiger partial charge in [0.2, 0.25) is 0 Å². The van der Waals surface area contributed by atoms with Crippen LogP contribution in [0.1, 0.15) is 43.5 Å². The molecule has 2 aromatic rings. The summed E-state index contributed by atoms with van der Waals surface area (Å²) in [5, 5.41) is 2.95. The normalized spacial score (nSPS) is 11.6. The molecule has 5 nitrogen and oxygen atoms in total. The Morgan fingerprint density at radius 2 is 1.63 bits per heavy atom. The number of nitrogens with one attached hydrogen (secondary N) is 1. The summed E-state index contributed by atoms with van der Waals surface area (Å²) in [6, 6.07) is 11.3. The minimum Gasteiger partial charge on any atom is -0.490 e. The Labute approximate surface area is 161 Å². The first-order valence-corrected chi connectivity index (χ1v) is 9.33. The molecule has 1 unspecified atom stereocenters. The second kappa shape index (κ2) is 9.86. The molecule has 0 aliphatic rings. The molecule has 5 heteroatoms. The lowest BCUT2D eigenvalue weighted by Gasteiger charge is -2.18. The average Bonchev–Trinajstić information content (AvgIpc) is 2.64. The number of carbonyl (C=O) groups excluding carboxylic acids is 1. The fourth-order valence-corrected chi connectivity index (χ4v) is 2.66. The zero-order valence-electron chi connectivity index (χ0n) is 16.8. The second-order valence-electron chi connectivity index (χ2n) is 6.40. The molecule has 0 fully saturated rings. The zero-order valence-corrected chi connectivity index (χ0v) is 16.8. The van der Waals surface area contributed by atoms with Crippen LogP contribution in [0.4, 0.5) is 0 Å². The van der Waals surface area contributed by atoms with Gasteiger partial charge in [0.1, 0.15) is 5.75 Å². The van der Waals surface area contributed by atoms with E-state index in [2.05, 4.69) is 5.32 Å². The summed E-state index contributed by atoms with van der Waals surface area (Å²) in [5.74, 6) is 1.91. The topological polar surface area (TPSA) is 56.8 Å². The highest BCUT2D eigenvalue weighted by Gasteiger charge is 2.14. The highest BCUT2D eigenvalue weighted by atomic mass is 16.5. The van der Waals surface area contributed by atoms with Crippen LogP contribution in [0.3, 0.4) is 0 Å². The van der Waals surface area contributed by atoms with Gasteiger partial charge < -0.3 is 19.5 Å². The van der Waals surface area contributed by atoms with Gasteiger partial charge in [0.05, 0.1) is 19.3 Å². The number of aryl methyl sites for hydroxylation is 2. The van der Waals surface area contributed by atoms with Crippen LogP contribution in [0, 0.1) is 13.8 Å². The third-order valence-electron chi connectivity index (χ3n) is 4.29. The number of amides is 1. The van der Waals surface area contributed by atoms with Crippen LogP contribution in [-0.2, 0) is 4.79 Å². The highest BCUT2D eigenvalue weighted by Crippen LogP contribution is 2.30. The first-order valence-electron chi connectivity index (χ1n) is 9.33. The van der Waals surface area contributed by atoms with Gasteiger partial charge in [-0.2, -0.15) is 0 Å². The van der Waals surface area contributed by atoms with Gasteiger partial charge in [-0.1, -0.05) is 12.1 Å². The minimum absolute atomic E-state index is 0.0256. The van der Waals surface area contributed by atoms with E-state index >= 15 is 0 Å². The number of hydrogen-bond acceptors (Lipinski definition) is 4. The summed E-state index contributed by atoms with van der Waals surface area (Å²) in [7, 11) is 0.